The highest BCUT2D eigenvalue weighted by Crippen LogP contribution is 2.46. The zero-order valence-electron chi connectivity index (χ0n) is 11.6. The average Bonchev–Trinajstić information content (AvgIpc) is 2.94. The molecule has 1 aromatic heterocycles. The molecule has 0 amide bonds. The van der Waals surface area contributed by atoms with Crippen molar-refractivity contribution < 1.29 is 8.98 Å². The molecule has 0 saturated carbocycles. The molecule has 5 heteroatoms. The van der Waals surface area contributed by atoms with Crippen LogP contribution in [0.15, 0.2) is 65.1 Å². The number of hydrogen-bond donors (Lipinski definition) is 0. The van der Waals surface area contributed by atoms with Gasteiger partial charge in [0.15, 0.2) is 7.14 Å². The van der Waals surface area contributed by atoms with Crippen molar-refractivity contribution in [1.29, 1.82) is 0 Å². The number of hydrogen-bond acceptors (Lipinski definition) is 4. The first-order valence-corrected chi connectivity index (χ1v) is 8.57. The lowest BCUT2D eigenvalue weighted by Gasteiger charge is -2.17. The molecule has 106 valence electrons. The van der Waals surface area contributed by atoms with Gasteiger partial charge in [0.2, 0.25) is 11.8 Å². The van der Waals surface area contributed by atoms with Crippen molar-refractivity contribution in [2.75, 3.05) is 0 Å². The van der Waals surface area contributed by atoms with E-state index in [0.717, 1.165) is 10.6 Å². The van der Waals surface area contributed by atoms with Crippen LogP contribution in [0.3, 0.4) is 0 Å². The summed E-state index contributed by atoms with van der Waals surface area (Å²) in [6, 6.07) is 18.9. The van der Waals surface area contributed by atoms with Crippen molar-refractivity contribution >= 4 is 17.8 Å². The fourth-order valence-electron chi connectivity index (χ4n) is 2.26. The number of aromatic nitrogens is 2. The predicted octanol–water partition coefficient (Wildman–Crippen LogP) is 2.89. The molecular weight excluding hydrogens is 283 g/mol. The van der Waals surface area contributed by atoms with Crippen LogP contribution in [0, 0.1) is 6.92 Å². The van der Waals surface area contributed by atoms with Gasteiger partial charge in [0.25, 0.3) is 0 Å². The summed E-state index contributed by atoms with van der Waals surface area (Å²) in [5.74, 6) is 0.890. The Morgan fingerprint density at radius 2 is 1.43 bits per heavy atom. The minimum Gasteiger partial charge on any atom is -0.425 e. The van der Waals surface area contributed by atoms with E-state index in [9.17, 15) is 4.57 Å². The lowest BCUT2D eigenvalue weighted by atomic mass is 10.4. The predicted molar refractivity (Wildman–Crippen MR) is 82.5 cm³/mol. The third kappa shape index (κ3) is 2.81. The Morgan fingerprint density at radius 1 is 0.905 bits per heavy atom. The molecule has 0 atom stereocenters. The fourth-order valence-corrected chi connectivity index (χ4v) is 4.74. The zero-order chi connectivity index (χ0) is 14.7. The van der Waals surface area contributed by atoms with Crippen LogP contribution in [0.4, 0.5) is 0 Å². The minimum absolute atomic E-state index is 0.238. The van der Waals surface area contributed by atoms with Gasteiger partial charge in [0.1, 0.15) is 0 Å². The van der Waals surface area contributed by atoms with E-state index in [1.807, 2.05) is 60.7 Å². The lowest BCUT2D eigenvalue weighted by molar-refractivity contribution is 0.481. The lowest BCUT2D eigenvalue weighted by Crippen LogP contribution is -2.17. The quantitative estimate of drug-likeness (QED) is 0.695. The maximum absolute atomic E-state index is 13.7. The summed E-state index contributed by atoms with van der Waals surface area (Å²) >= 11 is 0. The van der Waals surface area contributed by atoms with Gasteiger partial charge in [-0.25, -0.2) is 0 Å². The highest BCUT2D eigenvalue weighted by Gasteiger charge is 2.29. The van der Waals surface area contributed by atoms with E-state index in [1.165, 1.54) is 0 Å². The number of rotatable bonds is 4. The summed E-state index contributed by atoms with van der Waals surface area (Å²) in [7, 11) is -2.83. The van der Waals surface area contributed by atoms with E-state index in [-0.39, 0.29) is 6.16 Å². The SMILES string of the molecule is Cc1nnc(CP(=O)(c2ccccc2)c2ccccc2)o1. The van der Waals surface area contributed by atoms with E-state index in [4.69, 9.17) is 4.42 Å². The maximum atomic E-state index is 13.7. The standard InChI is InChI=1S/C16H15N2O2P/c1-13-17-18-16(20-13)12-21(19,14-8-4-2-5-9-14)15-10-6-3-7-11-15/h2-11H,12H2,1H3. The van der Waals surface area contributed by atoms with Gasteiger partial charge in [0.05, 0.1) is 6.16 Å². The first-order valence-electron chi connectivity index (χ1n) is 6.68. The van der Waals surface area contributed by atoms with Crippen LogP contribution in [0.25, 0.3) is 0 Å². The second-order valence-corrected chi connectivity index (χ2v) is 7.61. The van der Waals surface area contributed by atoms with Gasteiger partial charge in [-0.2, -0.15) is 0 Å². The Hall–Kier alpha value is -2.19. The molecule has 0 bridgehead atoms. The summed E-state index contributed by atoms with van der Waals surface area (Å²) in [6.45, 7) is 1.73. The molecule has 1 heterocycles. The second kappa shape index (κ2) is 5.66. The Kier molecular flexibility index (Phi) is 3.72. The summed E-state index contributed by atoms with van der Waals surface area (Å²) in [4.78, 5) is 0. The van der Waals surface area contributed by atoms with Gasteiger partial charge >= 0.3 is 0 Å². The van der Waals surface area contributed by atoms with Crippen LogP contribution in [-0.4, -0.2) is 10.2 Å². The summed E-state index contributed by atoms with van der Waals surface area (Å²) in [5.41, 5.74) is 0. The Balaban J connectivity index is 2.09. The van der Waals surface area contributed by atoms with Gasteiger partial charge in [-0.3, -0.25) is 0 Å². The summed E-state index contributed by atoms with van der Waals surface area (Å²) in [5, 5.41) is 9.41. The second-order valence-electron chi connectivity index (χ2n) is 4.78. The van der Waals surface area contributed by atoms with E-state index < -0.39 is 7.14 Å². The van der Waals surface area contributed by atoms with Crippen LogP contribution < -0.4 is 10.6 Å². The van der Waals surface area contributed by atoms with Crippen molar-refractivity contribution in [1.82, 2.24) is 10.2 Å². The zero-order valence-corrected chi connectivity index (χ0v) is 12.5. The van der Waals surface area contributed by atoms with Crippen molar-refractivity contribution in [3.05, 3.63) is 72.4 Å². The summed E-state index contributed by atoms with van der Waals surface area (Å²) in [6.07, 6.45) is 0.238. The molecule has 3 aromatic rings. The van der Waals surface area contributed by atoms with Crippen molar-refractivity contribution in [2.45, 2.75) is 13.1 Å². The molecule has 0 aliphatic carbocycles. The van der Waals surface area contributed by atoms with Gasteiger partial charge in [-0.15, -0.1) is 10.2 Å². The van der Waals surface area contributed by atoms with Crippen LogP contribution in [0.2, 0.25) is 0 Å². The molecule has 3 rings (SSSR count). The smallest absolute Gasteiger partial charge is 0.224 e. The molecule has 0 aliphatic heterocycles. The van der Waals surface area contributed by atoms with E-state index in [0.29, 0.717) is 11.8 Å². The van der Waals surface area contributed by atoms with Crippen molar-refractivity contribution in [2.24, 2.45) is 0 Å². The molecule has 0 aliphatic rings. The molecular formula is C16H15N2O2P. The van der Waals surface area contributed by atoms with Gasteiger partial charge in [0, 0.05) is 17.5 Å². The monoisotopic (exact) mass is 298 g/mol. The first kappa shape index (κ1) is 13.8. The molecule has 21 heavy (non-hydrogen) atoms. The number of nitrogens with zero attached hydrogens (tertiary/aromatic N) is 2. The number of aryl methyl sites for hydroxylation is 1. The van der Waals surface area contributed by atoms with Crippen molar-refractivity contribution in [3.63, 3.8) is 0 Å². The van der Waals surface area contributed by atoms with E-state index >= 15 is 0 Å². The van der Waals surface area contributed by atoms with E-state index in [1.54, 1.807) is 6.92 Å². The number of benzene rings is 2. The average molecular weight is 298 g/mol. The molecule has 0 unspecified atom stereocenters. The maximum Gasteiger partial charge on any atom is 0.224 e. The highest BCUT2D eigenvalue weighted by molar-refractivity contribution is 7.78. The fraction of sp³-hybridized carbons (Fsp3) is 0.125. The third-order valence-corrected chi connectivity index (χ3v) is 6.25. The minimum atomic E-state index is -2.83. The molecule has 0 fully saturated rings. The molecule has 0 spiro atoms. The van der Waals surface area contributed by atoms with Crippen LogP contribution in [0.5, 0.6) is 0 Å². The van der Waals surface area contributed by atoms with Gasteiger partial charge in [-0.1, -0.05) is 60.7 Å². The molecule has 2 aromatic carbocycles. The van der Waals surface area contributed by atoms with Crippen molar-refractivity contribution in [3.8, 4) is 0 Å². The summed E-state index contributed by atoms with van der Waals surface area (Å²) < 4.78 is 19.1. The molecule has 0 saturated heterocycles. The van der Waals surface area contributed by atoms with Crippen LogP contribution >= 0.6 is 7.14 Å². The first-order chi connectivity index (χ1) is 10.2. The van der Waals surface area contributed by atoms with Gasteiger partial charge in [-0.05, 0) is 0 Å². The molecule has 0 N–H and O–H groups in total. The normalized spacial score (nSPS) is 11.5. The Labute approximate surface area is 123 Å². The molecule has 4 nitrogen and oxygen atoms in total. The van der Waals surface area contributed by atoms with Crippen LogP contribution in [-0.2, 0) is 10.7 Å². The highest BCUT2D eigenvalue weighted by atomic mass is 31.2. The van der Waals surface area contributed by atoms with Crippen LogP contribution in [0.1, 0.15) is 11.8 Å². The topological polar surface area (TPSA) is 56.0 Å². The van der Waals surface area contributed by atoms with E-state index in [2.05, 4.69) is 10.2 Å². The Bertz CT molecular complexity index is 726. The largest absolute Gasteiger partial charge is 0.425 e. The third-order valence-electron chi connectivity index (χ3n) is 3.27. The molecule has 0 radical (unpaired) electrons. The van der Waals surface area contributed by atoms with Gasteiger partial charge < -0.3 is 8.98 Å². The Morgan fingerprint density at radius 3 is 1.86 bits per heavy atom.